The number of carboxylic acids is 1. The Kier molecular flexibility index (Phi) is 5.07. The van der Waals surface area contributed by atoms with E-state index in [4.69, 9.17) is 5.11 Å². The summed E-state index contributed by atoms with van der Waals surface area (Å²) >= 11 is 0. The van der Waals surface area contributed by atoms with Crippen LogP contribution in [0.5, 0.6) is 0 Å². The zero-order valence-electron chi connectivity index (χ0n) is 11.3. The maximum Gasteiger partial charge on any atom is 0.318 e. The van der Waals surface area contributed by atoms with Crippen LogP contribution in [0.3, 0.4) is 0 Å². The molecule has 0 saturated carbocycles. The van der Waals surface area contributed by atoms with E-state index in [1.165, 1.54) is 12.5 Å². The number of hydrogen-bond acceptors (Lipinski definition) is 4. The van der Waals surface area contributed by atoms with Crippen molar-refractivity contribution in [2.45, 2.75) is 38.3 Å². The van der Waals surface area contributed by atoms with Crippen LogP contribution in [0.15, 0.2) is 17.6 Å². The number of carboxylic acid groups (broad SMARTS) is 1. The fourth-order valence-corrected chi connectivity index (χ4v) is 2.95. The van der Waals surface area contributed by atoms with E-state index in [0.717, 1.165) is 4.31 Å². The molecular formula is C11H19N3O4S. The molecule has 108 valence electrons. The molecule has 0 bridgehead atoms. The fourth-order valence-electron chi connectivity index (χ4n) is 1.55. The first kappa shape index (κ1) is 15.6. The minimum absolute atomic E-state index is 0.0931. The minimum Gasteiger partial charge on any atom is -0.480 e. The van der Waals surface area contributed by atoms with Gasteiger partial charge in [-0.05, 0) is 20.3 Å². The molecule has 0 saturated heterocycles. The van der Waals surface area contributed by atoms with E-state index in [0.29, 0.717) is 6.42 Å². The number of carbonyl (C=O) groups is 1. The summed E-state index contributed by atoms with van der Waals surface area (Å²) in [6.45, 7) is 5.20. The molecule has 0 unspecified atom stereocenters. The number of hydrogen-bond donors (Lipinski definition) is 1. The van der Waals surface area contributed by atoms with E-state index in [1.807, 2.05) is 13.8 Å². The Balaban J connectivity index is 3.07. The summed E-state index contributed by atoms with van der Waals surface area (Å²) in [4.78, 5) is 14.6. The summed E-state index contributed by atoms with van der Waals surface area (Å²) < 4.78 is 27.2. The van der Waals surface area contributed by atoms with Crippen LogP contribution in [0.4, 0.5) is 0 Å². The predicted octanol–water partition coefficient (Wildman–Crippen LogP) is 0.949. The summed E-state index contributed by atoms with van der Waals surface area (Å²) in [6.07, 6.45) is 3.39. The van der Waals surface area contributed by atoms with Crippen molar-refractivity contribution in [2.75, 3.05) is 13.1 Å². The number of sulfonamides is 1. The Labute approximate surface area is 112 Å². The number of nitrogens with zero attached hydrogens (tertiary/aromatic N) is 3. The lowest BCUT2D eigenvalue weighted by atomic mass is 10.4. The molecule has 0 aromatic carbocycles. The van der Waals surface area contributed by atoms with E-state index in [2.05, 4.69) is 4.98 Å². The summed E-state index contributed by atoms with van der Waals surface area (Å²) in [7, 11) is -3.85. The normalized spacial score (nSPS) is 12.3. The molecule has 19 heavy (non-hydrogen) atoms. The lowest BCUT2D eigenvalue weighted by Crippen LogP contribution is -2.36. The first-order valence-corrected chi connectivity index (χ1v) is 7.48. The number of aromatic nitrogens is 2. The first-order chi connectivity index (χ1) is 8.78. The van der Waals surface area contributed by atoms with Gasteiger partial charge < -0.3 is 9.67 Å². The predicted molar refractivity (Wildman–Crippen MR) is 69.3 cm³/mol. The van der Waals surface area contributed by atoms with Crippen molar-refractivity contribution in [3.63, 3.8) is 0 Å². The first-order valence-electron chi connectivity index (χ1n) is 6.04. The van der Waals surface area contributed by atoms with Gasteiger partial charge in [0, 0.05) is 18.8 Å². The smallest absolute Gasteiger partial charge is 0.318 e. The van der Waals surface area contributed by atoms with Crippen molar-refractivity contribution in [1.82, 2.24) is 13.9 Å². The quantitative estimate of drug-likeness (QED) is 0.806. The zero-order valence-corrected chi connectivity index (χ0v) is 12.1. The van der Waals surface area contributed by atoms with Gasteiger partial charge in [-0.15, -0.1) is 0 Å². The number of rotatable bonds is 7. The standard InChI is InChI=1S/C11H19N3O4S/c1-4-5-14(7-11(15)16)19(17,18)10-6-13(8-12-10)9(2)3/h6,8-9H,4-5,7H2,1-3H3,(H,15,16). The molecule has 7 nitrogen and oxygen atoms in total. The van der Waals surface area contributed by atoms with Crippen LogP contribution in [0.1, 0.15) is 33.2 Å². The van der Waals surface area contributed by atoms with Crippen LogP contribution in [-0.2, 0) is 14.8 Å². The van der Waals surface area contributed by atoms with Crippen molar-refractivity contribution in [3.05, 3.63) is 12.5 Å². The highest BCUT2D eigenvalue weighted by Gasteiger charge is 2.28. The maximum absolute atomic E-state index is 12.3. The van der Waals surface area contributed by atoms with Crippen molar-refractivity contribution >= 4 is 16.0 Å². The average molecular weight is 289 g/mol. The monoisotopic (exact) mass is 289 g/mol. The highest BCUT2D eigenvalue weighted by Crippen LogP contribution is 2.15. The molecule has 1 aromatic heterocycles. The molecule has 1 rings (SSSR count). The number of imidazole rings is 1. The summed E-state index contributed by atoms with van der Waals surface area (Å²) in [5.41, 5.74) is 0. The molecule has 8 heteroatoms. The second-order valence-corrected chi connectivity index (χ2v) is 6.37. The Bertz CT molecular complexity index is 536. The van der Waals surface area contributed by atoms with Crippen LogP contribution in [0.2, 0.25) is 0 Å². The Morgan fingerprint density at radius 1 is 1.53 bits per heavy atom. The van der Waals surface area contributed by atoms with E-state index >= 15 is 0 Å². The van der Waals surface area contributed by atoms with Crippen LogP contribution in [-0.4, -0.2) is 46.4 Å². The van der Waals surface area contributed by atoms with Crippen molar-refractivity contribution < 1.29 is 18.3 Å². The van der Waals surface area contributed by atoms with Gasteiger partial charge in [-0.25, -0.2) is 13.4 Å². The Morgan fingerprint density at radius 3 is 2.58 bits per heavy atom. The highest BCUT2D eigenvalue weighted by molar-refractivity contribution is 7.89. The molecule has 1 N–H and O–H groups in total. The lowest BCUT2D eigenvalue weighted by molar-refractivity contribution is -0.137. The molecule has 0 fully saturated rings. The Morgan fingerprint density at radius 2 is 2.16 bits per heavy atom. The third-order valence-corrected chi connectivity index (χ3v) is 4.29. The number of aliphatic carboxylic acids is 1. The van der Waals surface area contributed by atoms with E-state index < -0.39 is 22.5 Å². The summed E-state index contributed by atoms with van der Waals surface area (Å²) in [5, 5.41) is 8.67. The van der Waals surface area contributed by atoms with E-state index in [1.54, 1.807) is 11.5 Å². The van der Waals surface area contributed by atoms with Crippen molar-refractivity contribution in [3.8, 4) is 0 Å². The van der Waals surface area contributed by atoms with Gasteiger partial charge in [0.05, 0.1) is 6.33 Å². The summed E-state index contributed by atoms with van der Waals surface area (Å²) in [5.74, 6) is -1.18. The molecule has 0 amide bonds. The van der Waals surface area contributed by atoms with Crippen LogP contribution in [0.25, 0.3) is 0 Å². The fraction of sp³-hybridized carbons (Fsp3) is 0.636. The average Bonchev–Trinajstić information content (AvgIpc) is 2.77. The molecule has 1 aromatic rings. The van der Waals surface area contributed by atoms with Crippen molar-refractivity contribution in [1.29, 1.82) is 0 Å². The largest absolute Gasteiger partial charge is 0.480 e. The van der Waals surface area contributed by atoms with Crippen molar-refractivity contribution in [2.24, 2.45) is 0 Å². The van der Waals surface area contributed by atoms with E-state index in [9.17, 15) is 13.2 Å². The second-order valence-electron chi connectivity index (χ2n) is 4.49. The van der Waals surface area contributed by atoms with Gasteiger partial charge in [-0.2, -0.15) is 4.31 Å². The minimum atomic E-state index is -3.85. The molecular weight excluding hydrogens is 270 g/mol. The van der Waals surface area contributed by atoms with Gasteiger partial charge in [0.25, 0.3) is 10.0 Å². The molecule has 0 aliphatic carbocycles. The maximum atomic E-state index is 12.3. The molecule has 0 radical (unpaired) electrons. The highest BCUT2D eigenvalue weighted by atomic mass is 32.2. The third-order valence-electron chi connectivity index (χ3n) is 2.56. The zero-order chi connectivity index (χ0) is 14.6. The lowest BCUT2D eigenvalue weighted by Gasteiger charge is -2.17. The van der Waals surface area contributed by atoms with Gasteiger partial charge >= 0.3 is 5.97 Å². The van der Waals surface area contributed by atoms with Gasteiger partial charge in [-0.1, -0.05) is 6.92 Å². The Hall–Kier alpha value is -1.41. The van der Waals surface area contributed by atoms with E-state index in [-0.39, 0.29) is 17.6 Å². The third kappa shape index (κ3) is 3.77. The molecule has 0 aliphatic rings. The van der Waals surface area contributed by atoms with Gasteiger partial charge in [-0.3, -0.25) is 4.79 Å². The van der Waals surface area contributed by atoms with Gasteiger partial charge in [0.1, 0.15) is 6.54 Å². The molecule has 0 spiro atoms. The molecule has 0 aliphatic heterocycles. The molecule has 1 heterocycles. The van der Waals surface area contributed by atoms with Gasteiger partial charge in [0.2, 0.25) is 0 Å². The summed E-state index contributed by atoms with van der Waals surface area (Å²) in [6, 6.07) is 0.0931. The van der Waals surface area contributed by atoms with Crippen LogP contribution in [0, 0.1) is 0 Å². The topological polar surface area (TPSA) is 92.5 Å². The molecule has 0 atom stereocenters. The van der Waals surface area contributed by atoms with Gasteiger partial charge in [0.15, 0.2) is 5.03 Å². The second kappa shape index (κ2) is 6.16. The SMILES string of the molecule is CCCN(CC(=O)O)S(=O)(=O)c1cn(C(C)C)cn1. The van der Waals surface area contributed by atoms with Crippen LogP contribution >= 0.6 is 0 Å². The van der Waals surface area contributed by atoms with Crippen LogP contribution < -0.4 is 0 Å².